The SMILES string of the molecule is CC1c2cc3oc4cc5c(cc4c3cc2C=CC1N(c1ccccc1)c1cccc2c1oc1c(C(C)(C)C)cccc12)oc1cc2cc(N(c3ccccc3)c3cccc4c3oc3c(C(C)(C)C)cccc34)ccc2cc15. The van der Waals surface area contributed by atoms with Gasteiger partial charge in [0.1, 0.15) is 33.5 Å². The number of furan rings is 4. The minimum atomic E-state index is -0.0781. The number of nitrogens with zero attached hydrogens (tertiary/aromatic N) is 2. The molecule has 0 aliphatic heterocycles. The Morgan fingerprint density at radius 3 is 1.49 bits per heavy atom. The normalized spacial score (nSPS) is 15.2. The second kappa shape index (κ2) is 16.5. The molecule has 4 heterocycles. The Kier molecular flexibility index (Phi) is 9.73. The molecule has 0 fully saturated rings. The van der Waals surface area contributed by atoms with Gasteiger partial charge in [0, 0.05) is 77.2 Å². The van der Waals surface area contributed by atoms with E-state index in [2.05, 4.69) is 258 Å². The van der Waals surface area contributed by atoms with Crippen molar-refractivity contribution in [1.29, 1.82) is 0 Å². The molecule has 2 unspecified atom stereocenters. The molecule has 0 amide bonds. The van der Waals surface area contributed by atoms with E-state index in [1.54, 1.807) is 0 Å². The van der Waals surface area contributed by atoms with Crippen LogP contribution in [0.15, 0.2) is 212 Å². The van der Waals surface area contributed by atoms with Crippen molar-refractivity contribution in [3.8, 4) is 0 Å². The van der Waals surface area contributed by atoms with Crippen LogP contribution in [0.25, 0.3) is 105 Å². The summed E-state index contributed by atoms with van der Waals surface area (Å²) in [7, 11) is 0. The van der Waals surface area contributed by atoms with Gasteiger partial charge in [0.2, 0.25) is 0 Å². The molecule has 374 valence electrons. The fourth-order valence-corrected chi connectivity index (χ4v) is 12.6. The number of para-hydroxylation sites is 6. The zero-order chi connectivity index (χ0) is 52.1. The maximum absolute atomic E-state index is 6.98. The molecule has 6 heteroatoms. The summed E-state index contributed by atoms with van der Waals surface area (Å²) in [5.74, 6) is 0.104. The van der Waals surface area contributed by atoms with Crippen molar-refractivity contribution in [2.75, 3.05) is 9.80 Å². The van der Waals surface area contributed by atoms with Gasteiger partial charge in [0.25, 0.3) is 0 Å². The van der Waals surface area contributed by atoms with Gasteiger partial charge in [-0.1, -0.05) is 164 Å². The summed E-state index contributed by atoms with van der Waals surface area (Å²) >= 11 is 0. The van der Waals surface area contributed by atoms with E-state index in [-0.39, 0.29) is 22.8 Å². The van der Waals surface area contributed by atoms with Crippen molar-refractivity contribution in [1.82, 2.24) is 0 Å². The predicted molar refractivity (Wildman–Crippen MR) is 321 cm³/mol. The van der Waals surface area contributed by atoms with Crippen LogP contribution in [0.5, 0.6) is 0 Å². The summed E-state index contributed by atoms with van der Waals surface area (Å²) < 4.78 is 27.6. The number of fused-ring (bicyclic) bond motifs is 14. The lowest BCUT2D eigenvalue weighted by Crippen LogP contribution is -2.35. The van der Waals surface area contributed by atoms with Crippen LogP contribution in [-0.4, -0.2) is 6.04 Å². The first-order chi connectivity index (χ1) is 37.3. The van der Waals surface area contributed by atoms with Gasteiger partial charge in [0.05, 0.1) is 17.4 Å². The average Bonchev–Trinajstić information content (AvgIpc) is 4.36. The molecular formula is C71H56N2O4. The predicted octanol–water partition coefficient (Wildman–Crippen LogP) is 20.8. The lowest BCUT2D eigenvalue weighted by atomic mass is 9.83. The van der Waals surface area contributed by atoms with E-state index >= 15 is 0 Å². The van der Waals surface area contributed by atoms with Gasteiger partial charge in [-0.3, -0.25) is 0 Å². The van der Waals surface area contributed by atoms with Crippen LogP contribution in [-0.2, 0) is 10.8 Å². The van der Waals surface area contributed by atoms with E-state index < -0.39 is 0 Å². The molecule has 0 spiro atoms. The number of benzene rings is 10. The van der Waals surface area contributed by atoms with Crippen LogP contribution in [0.1, 0.15) is 76.6 Å². The molecule has 0 saturated carbocycles. The van der Waals surface area contributed by atoms with E-state index in [1.807, 2.05) is 0 Å². The average molecular weight is 1000 g/mol. The Hall–Kier alpha value is -9.00. The van der Waals surface area contributed by atoms with Gasteiger partial charge >= 0.3 is 0 Å². The summed E-state index contributed by atoms with van der Waals surface area (Å²) in [5, 5.41) is 10.9. The fraction of sp³-hybridized carbons (Fsp3) is 0.155. The number of rotatable bonds is 6. The molecule has 14 aromatic rings. The summed E-state index contributed by atoms with van der Waals surface area (Å²) in [5.41, 5.74) is 16.9. The third-order valence-electron chi connectivity index (χ3n) is 16.4. The first-order valence-electron chi connectivity index (χ1n) is 26.9. The molecule has 0 N–H and O–H groups in total. The third kappa shape index (κ3) is 7.01. The summed E-state index contributed by atoms with van der Waals surface area (Å²) in [4.78, 5) is 4.77. The summed E-state index contributed by atoms with van der Waals surface area (Å²) in [6.07, 6.45) is 4.66. The zero-order valence-corrected chi connectivity index (χ0v) is 44.2. The van der Waals surface area contributed by atoms with Gasteiger partial charge in [-0.05, 0) is 118 Å². The van der Waals surface area contributed by atoms with Crippen molar-refractivity contribution >= 4 is 133 Å². The van der Waals surface area contributed by atoms with Gasteiger partial charge < -0.3 is 27.5 Å². The molecule has 1 aliphatic rings. The van der Waals surface area contributed by atoms with Crippen molar-refractivity contribution in [2.45, 2.75) is 71.3 Å². The lowest BCUT2D eigenvalue weighted by Gasteiger charge is -2.38. The molecule has 0 saturated heterocycles. The van der Waals surface area contributed by atoms with Crippen molar-refractivity contribution in [2.24, 2.45) is 0 Å². The first-order valence-corrected chi connectivity index (χ1v) is 26.9. The summed E-state index contributed by atoms with van der Waals surface area (Å²) in [6.45, 7) is 15.8. The maximum Gasteiger partial charge on any atom is 0.159 e. The fourth-order valence-electron chi connectivity index (χ4n) is 12.6. The molecule has 1 aliphatic carbocycles. The molecular weight excluding hydrogens is 945 g/mol. The van der Waals surface area contributed by atoms with Gasteiger partial charge in [0.15, 0.2) is 11.2 Å². The molecule has 15 rings (SSSR count). The standard InChI is InChI=1S/C71H56N2O4/c1-41-52-38-63-54(36-43(52)31-33-59(41)73(46-20-12-9-13-21-46)61-29-17-25-51-49-23-15-27-58(71(5,6)7)67(49)77-69(51)61)56-40-64-55(39-65(56)75-63)53-35-42-30-32-47(34-44(42)37-62(53)74-64)72(45-18-10-8-11-19-45)60-28-16-24-50-48-22-14-26-57(70(2,3)4)66(48)76-68(50)60/h8-41,59H,1-7H3. The molecule has 10 aromatic carbocycles. The second-order valence-electron chi connectivity index (χ2n) is 23.3. The Balaban J connectivity index is 0.811. The maximum atomic E-state index is 6.98. The Bertz CT molecular complexity index is 4750. The Morgan fingerprint density at radius 2 is 0.883 bits per heavy atom. The number of hydrogen-bond acceptors (Lipinski definition) is 6. The molecule has 0 radical (unpaired) electrons. The smallest absolute Gasteiger partial charge is 0.159 e. The Labute approximate surface area is 446 Å². The minimum Gasteiger partial charge on any atom is -0.456 e. The van der Waals surface area contributed by atoms with Crippen LogP contribution >= 0.6 is 0 Å². The first kappa shape index (κ1) is 45.4. The van der Waals surface area contributed by atoms with Crippen LogP contribution < -0.4 is 9.80 Å². The minimum absolute atomic E-state index is 0.0125. The highest BCUT2D eigenvalue weighted by atomic mass is 16.3. The van der Waals surface area contributed by atoms with E-state index in [4.69, 9.17) is 17.7 Å². The highest BCUT2D eigenvalue weighted by Gasteiger charge is 2.33. The highest BCUT2D eigenvalue weighted by Crippen LogP contribution is 2.49. The van der Waals surface area contributed by atoms with Crippen LogP contribution in [0.3, 0.4) is 0 Å². The zero-order valence-electron chi connectivity index (χ0n) is 44.2. The van der Waals surface area contributed by atoms with Gasteiger partial charge in [-0.15, -0.1) is 0 Å². The van der Waals surface area contributed by atoms with Gasteiger partial charge in [-0.2, -0.15) is 0 Å². The van der Waals surface area contributed by atoms with E-state index in [0.29, 0.717) is 0 Å². The van der Waals surface area contributed by atoms with Gasteiger partial charge in [-0.25, -0.2) is 0 Å². The summed E-state index contributed by atoms with van der Waals surface area (Å²) in [6, 6.07) is 67.4. The molecule has 4 aromatic heterocycles. The van der Waals surface area contributed by atoms with Crippen molar-refractivity contribution in [3.05, 3.63) is 216 Å². The lowest BCUT2D eigenvalue weighted by molar-refractivity contribution is 0.571. The third-order valence-corrected chi connectivity index (χ3v) is 16.4. The van der Waals surface area contributed by atoms with Crippen molar-refractivity contribution < 1.29 is 17.7 Å². The monoisotopic (exact) mass is 1000 g/mol. The van der Waals surface area contributed by atoms with E-state index in [0.717, 1.165) is 127 Å². The molecule has 2 atom stereocenters. The quantitative estimate of drug-likeness (QED) is 0.165. The Morgan fingerprint density at radius 1 is 0.377 bits per heavy atom. The van der Waals surface area contributed by atoms with E-state index in [1.165, 1.54) is 22.3 Å². The highest BCUT2D eigenvalue weighted by molar-refractivity contribution is 6.18. The number of anilines is 5. The van der Waals surface area contributed by atoms with Crippen LogP contribution in [0.4, 0.5) is 28.4 Å². The molecule has 0 bridgehead atoms. The largest absolute Gasteiger partial charge is 0.456 e. The van der Waals surface area contributed by atoms with Crippen LogP contribution in [0, 0.1) is 0 Å². The van der Waals surface area contributed by atoms with Crippen molar-refractivity contribution in [3.63, 3.8) is 0 Å². The molecule has 6 nitrogen and oxygen atoms in total. The topological polar surface area (TPSA) is 59.0 Å². The van der Waals surface area contributed by atoms with E-state index in [9.17, 15) is 0 Å². The van der Waals surface area contributed by atoms with Crippen LogP contribution in [0.2, 0.25) is 0 Å². The number of hydrogen-bond donors (Lipinski definition) is 0. The second-order valence-corrected chi connectivity index (χ2v) is 23.3. The molecule has 77 heavy (non-hydrogen) atoms.